The van der Waals surface area contributed by atoms with Crippen molar-refractivity contribution >= 4 is 11.7 Å². The molecule has 1 saturated carbocycles. The van der Waals surface area contributed by atoms with Crippen molar-refractivity contribution in [3.8, 4) is 5.75 Å². The Morgan fingerprint density at radius 2 is 1.67 bits per heavy atom. The number of carbonyl (C=O) groups is 1. The summed E-state index contributed by atoms with van der Waals surface area (Å²) in [6, 6.07) is 18.2. The molecule has 1 saturated heterocycles. The van der Waals surface area contributed by atoms with Gasteiger partial charge in [0.05, 0.1) is 24.9 Å². The molecule has 9 nitrogen and oxygen atoms in total. The molecule has 2 heterocycles. The van der Waals surface area contributed by atoms with Gasteiger partial charge in [-0.3, -0.25) is 9.69 Å². The molecule has 0 bridgehead atoms. The highest BCUT2D eigenvalue weighted by Crippen LogP contribution is 2.32. The van der Waals surface area contributed by atoms with Crippen LogP contribution in [0.3, 0.4) is 0 Å². The number of benzene rings is 2. The first-order valence-electron chi connectivity index (χ1n) is 18.8. The Kier molecular flexibility index (Phi) is 18.5. The molecule has 1 aliphatic carbocycles. The van der Waals surface area contributed by atoms with Gasteiger partial charge in [-0.05, 0) is 83.1 Å². The Morgan fingerprint density at radius 3 is 2.25 bits per heavy atom. The SMILES string of the molecule is CCC.CCOC(CN(Cc1ccc(F)c(N2CC(N(C)CCN(C)C)C2)n1)C(=O)CN)C1CCC1.Cc1ccc(OCc2ccccc2)cc1F. The number of hydrogen-bond acceptors (Lipinski definition) is 8. The van der Waals surface area contributed by atoms with Crippen LogP contribution in [0.1, 0.15) is 63.3 Å². The monoisotopic (exact) mass is 724 g/mol. The number of anilines is 1. The summed E-state index contributed by atoms with van der Waals surface area (Å²) in [6.07, 6.45) is 4.73. The molecule has 3 aromatic rings. The van der Waals surface area contributed by atoms with Crippen molar-refractivity contribution in [3.05, 3.63) is 89.1 Å². The molecule has 2 fully saturated rings. The topological polar surface area (TPSA) is 87.4 Å². The predicted octanol–water partition coefficient (Wildman–Crippen LogP) is 6.52. The van der Waals surface area contributed by atoms with E-state index >= 15 is 0 Å². The van der Waals surface area contributed by atoms with E-state index in [4.69, 9.17) is 15.2 Å². The number of hydrogen-bond donors (Lipinski definition) is 1. The number of nitrogens with two attached hydrogens (primary N) is 1. The summed E-state index contributed by atoms with van der Waals surface area (Å²) in [5.41, 5.74) is 8.06. The maximum Gasteiger partial charge on any atom is 0.236 e. The van der Waals surface area contributed by atoms with E-state index < -0.39 is 0 Å². The van der Waals surface area contributed by atoms with Gasteiger partial charge in [-0.1, -0.05) is 63.1 Å². The Balaban J connectivity index is 0.000000318. The zero-order chi connectivity index (χ0) is 38.0. The van der Waals surface area contributed by atoms with Crippen LogP contribution < -0.4 is 15.4 Å². The highest BCUT2D eigenvalue weighted by atomic mass is 19.1. The highest BCUT2D eigenvalue weighted by molar-refractivity contribution is 5.78. The Hall–Kier alpha value is -3.64. The lowest BCUT2D eigenvalue weighted by atomic mass is 9.81. The van der Waals surface area contributed by atoms with Crippen LogP contribution in [0.15, 0.2) is 60.7 Å². The van der Waals surface area contributed by atoms with Gasteiger partial charge in [-0.15, -0.1) is 0 Å². The summed E-state index contributed by atoms with van der Waals surface area (Å²) < 4.78 is 39.3. The van der Waals surface area contributed by atoms with Gasteiger partial charge in [0.2, 0.25) is 5.91 Å². The number of carbonyl (C=O) groups excluding carboxylic acids is 1. The number of likely N-dealkylation sites (N-methyl/N-ethyl adjacent to an activating group) is 2. The number of amides is 1. The van der Waals surface area contributed by atoms with Crippen molar-refractivity contribution in [1.82, 2.24) is 19.7 Å². The summed E-state index contributed by atoms with van der Waals surface area (Å²) in [6.45, 7) is 13.2. The molecule has 5 rings (SSSR count). The van der Waals surface area contributed by atoms with E-state index in [9.17, 15) is 13.6 Å². The number of ether oxygens (including phenoxy) is 2. The zero-order valence-corrected chi connectivity index (χ0v) is 32.5. The Bertz CT molecular complexity index is 1470. The minimum atomic E-state index is -0.327. The van der Waals surface area contributed by atoms with Crippen LogP contribution in [-0.2, 0) is 22.7 Å². The van der Waals surface area contributed by atoms with Gasteiger partial charge >= 0.3 is 0 Å². The molecule has 0 radical (unpaired) electrons. The van der Waals surface area contributed by atoms with Crippen molar-refractivity contribution in [3.63, 3.8) is 0 Å². The fourth-order valence-corrected chi connectivity index (χ4v) is 5.79. The third-order valence-corrected chi connectivity index (χ3v) is 9.30. The van der Waals surface area contributed by atoms with Gasteiger partial charge in [-0.25, -0.2) is 13.8 Å². The van der Waals surface area contributed by atoms with Gasteiger partial charge < -0.3 is 29.9 Å². The number of pyridine rings is 1. The molecule has 1 aromatic heterocycles. The van der Waals surface area contributed by atoms with Crippen molar-refractivity contribution < 1.29 is 23.0 Å². The molecule has 11 heteroatoms. The minimum Gasteiger partial charge on any atom is -0.489 e. The van der Waals surface area contributed by atoms with Crippen LogP contribution in [-0.4, -0.2) is 105 Å². The summed E-state index contributed by atoms with van der Waals surface area (Å²) in [5.74, 6) is 0.713. The van der Waals surface area contributed by atoms with Crippen LogP contribution >= 0.6 is 0 Å². The maximum atomic E-state index is 14.6. The second-order valence-corrected chi connectivity index (χ2v) is 14.0. The van der Waals surface area contributed by atoms with E-state index in [1.54, 1.807) is 30.0 Å². The first kappa shape index (κ1) is 42.8. The molecule has 1 unspecified atom stereocenters. The summed E-state index contributed by atoms with van der Waals surface area (Å²) in [7, 11) is 6.24. The quantitative estimate of drug-likeness (QED) is 0.179. The Labute approximate surface area is 311 Å². The van der Waals surface area contributed by atoms with Crippen LogP contribution in [0.5, 0.6) is 5.75 Å². The third-order valence-electron chi connectivity index (χ3n) is 9.30. The van der Waals surface area contributed by atoms with Crippen LogP contribution in [0.25, 0.3) is 0 Å². The summed E-state index contributed by atoms with van der Waals surface area (Å²) >= 11 is 0. The molecule has 2 aromatic carbocycles. The lowest BCUT2D eigenvalue weighted by Gasteiger charge is -2.45. The molecular formula is C41H62F2N6O3. The molecule has 2 aliphatic rings. The standard InChI is InChI=1S/C24H41FN6O2.C14H13FO.C3H8/c1-5-33-22(18-7-6-8-18)17-30(23(32)13-26)14-19-9-10-21(25)24(27-19)31-15-20(16-31)29(4)12-11-28(2)3;1-11-7-8-13(9-14(11)15)16-10-12-5-3-2-4-6-12;1-3-2/h9-10,18,20,22H,5-8,11-17,26H2,1-4H3;2-9H,10H2,1H3;3H2,1-2H3. The van der Waals surface area contributed by atoms with Gasteiger partial charge in [0.1, 0.15) is 18.2 Å². The molecule has 2 N–H and O–H groups in total. The van der Waals surface area contributed by atoms with Crippen molar-refractivity contribution in [1.29, 1.82) is 0 Å². The number of aryl methyl sites for hydroxylation is 1. The van der Waals surface area contributed by atoms with E-state index in [0.29, 0.717) is 61.1 Å². The molecule has 1 aliphatic heterocycles. The number of aromatic nitrogens is 1. The Morgan fingerprint density at radius 1 is 0.981 bits per heavy atom. The molecule has 288 valence electrons. The van der Waals surface area contributed by atoms with E-state index in [-0.39, 0.29) is 30.2 Å². The smallest absolute Gasteiger partial charge is 0.236 e. The molecule has 1 atom stereocenters. The minimum absolute atomic E-state index is 0.00742. The van der Waals surface area contributed by atoms with E-state index in [2.05, 4.69) is 49.8 Å². The summed E-state index contributed by atoms with van der Waals surface area (Å²) in [4.78, 5) is 25.4. The summed E-state index contributed by atoms with van der Waals surface area (Å²) in [5, 5.41) is 0. The van der Waals surface area contributed by atoms with E-state index in [1.807, 2.05) is 42.2 Å². The van der Waals surface area contributed by atoms with Crippen molar-refractivity contribution in [2.45, 2.75) is 78.7 Å². The fourth-order valence-electron chi connectivity index (χ4n) is 5.79. The average molecular weight is 725 g/mol. The largest absolute Gasteiger partial charge is 0.489 e. The maximum absolute atomic E-state index is 14.6. The lowest BCUT2D eigenvalue weighted by Crippen LogP contribution is -2.59. The van der Waals surface area contributed by atoms with Crippen molar-refractivity contribution in [2.24, 2.45) is 11.7 Å². The molecular weight excluding hydrogens is 662 g/mol. The fraction of sp³-hybridized carbons (Fsp3) is 0.561. The van der Waals surface area contributed by atoms with Gasteiger partial charge in [0.25, 0.3) is 0 Å². The first-order valence-corrected chi connectivity index (χ1v) is 18.8. The zero-order valence-electron chi connectivity index (χ0n) is 32.5. The molecule has 1 amide bonds. The average Bonchev–Trinajstić information content (AvgIpc) is 3.08. The first-order chi connectivity index (χ1) is 25.0. The molecule has 52 heavy (non-hydrogen) atoms. The van der Waals surface area contributed by atoms with Gasteiger partial charge in [0.15, 0.2) is 11.6 Å². The van der Waals surface area contributed by atoms with E-state index in [1.165, 1.54) is 25.0 Å². The second-order valence-electron chi connectivity index (χ2n) is 14.0. The number of nitrogens with zero attached hydrogens (tertiary/aromatic N) is 5. The number of halogens is 2. The van der Waals surface area contributed by atoms with Crippen LogP contribution in [0, 0.1) is 24.5 Å². The van der Waals surface area contributed by atoms with Crippen molar-refractivity contribution in [2.75, 3.05) is 71.9 Å². The lowest BCUT2D eigenvalue weighted by molar-refractivity contribution is -0.134. The normalized spacial score (nSPS) is 14.8. The van der Waals surface area contributed by atoms with Gasteiger partial charge in [-0.2, -0.15) is 0 Å². The number of rotatable bonds is 16. The predicted molar refractivity (Wildman–Crippen MR) is 206 cm³/mol. The third kappa shape index (κ3) is 13.7. The second kappa shape index (κ2) is 22.4. The van der Waals surface area contributed by atoms with Gasteiger partial charge in [0, 0.05) is 51.4 Å². The van der Waals surface area contributed by atoms with Crippen LogP contribution in [0.2, 0.25) is 0 Å². The van der Waals surface area contributed by atoms with E-state index in [0.717, 1.165) is 44.6 Å². The molecule has 0 spiro atoms. The van der Waals surface area contributed by atoms with Crippen LogP contribution in [0.4, 0.5) is 14.6 Å². The highest BCUT2D eigenvalue weighted by Gasteiger charge is 2.33.